The highest BCUT2D eigenvalue weighted by Crippen LogP contribution is 2.41. The number of primary amides is 1. The van der Waals surface area contributed by atoms with E-state index in [0.717, 1.165) is 45.3 Å². The maximum absolute atomic E-state index is 11.7. The number of carbonyl (C=O) groups is 1. The van der Waals surface area contributed by atoms with Gasteiger partial charge in [0.2, 0.25) is 5.91 Å². The number of carbonyl (C=O) groups excluding carboxylic acids is 1. The second kappa shape index (κ2) is 4.72. The summed E-state index contributed by atoms with van der Waals surface area (Å²) >= 11 is 0. The molecule has 2 fully saturated rings. The molecular weight excluding hydrogens is 204 g/mol. The number of rotatable bonds is 6. The Morgan fingerprint density at radius 2 is 2.25 bits per heavy atom. The van der Waals surface area contributed by atoms with E-state index in [9.17, 15) is 4.79 Å². The van der Waals surface area contributed by atoms with Crippen LogP contribution in [-0.2, 0) is 9.53 Å². The highest BCUT2D eigenvalue weighted by atomic mass is 16.5. The van der Waals surface area contributed by atoms with Crippen molar-refractivity contribution in [3.05, 3.63) is 0 Å². The lowest BCUT2D eigenvalue weighted by Crippen LogP contribution is -2.58. The first-order chi connectivity index (χ1) is 7.69. The van der Waals surface area contributed by atoms with Crippen LogP contribution in [0.5, 0.6) is 0 Å². The van der Waals surface area contributed by atoms with Crippen LogP contribution in [0.25, 0.3) is 0 Å². The topological polar surface area (TPSA) is 64.3 Å². The van der Waals surface area contributed by atoms with Crippen LogP contribution in [-0.4, -0.2) is 30.7 Å². The van der Waals surface area contributed by atoms with E-state index in [1.807, 2.05) is 6.92 Å². The molecule has 4 nitrogen and oxygen atoms in total. The minimum absolute atomic E-state index is 0.199. The monoisotopic (exact) mass is 226 g/mol. The van der Waals surface area contributed by atoms with E-state index in [-0.39, 0.29) is 12.0 Å². The van der Waals surface area contributed by atoms with E-state index in [4.69, 9.17) is 10.5 Å². The van der Waals surface area contributed by atoms with Gasteiger partial charge in [-0.3, -0.25) is 4.79 Å². The Kier molecular flexibility index (Phi) is 3.50. The molecule has 2 rings (SSSR count). The highest BCUT2D eigenvalue weighted by Gasteiger charge is 2.48. The Hall–Kier alpha value is -0.610. The zero-order valence-electron chi connectivity index (χ0n) is 10.00. The van der Waals surface area contributed by atoms with Gasteiger partial charge in [0.25, 0.3) is 0 Å². The van der Waals surface area contributed by atoms with Gasteiger partial charge in [-0.2, -0.15) is 0 Å². The molecular formula is C12H22N2O2. The molecule has 4 heteroatoms. The molecule has 1 aliphatic carbocycles. The van der Waals surface area contributed by atoms with Crippen molar-refractivity contribution in [1.29, 1.82) is 0 Å². The van der Waals surface area contributed by atoms with Crippen molar-refractivity contribution in [3.63, 3.8) is 0 Å². The van der Waals surface area contributed by atoms with Crippen LogP contribution in [0.3, 0.4) is 0 Å². The summed E-state index contributed by atoms with van der Waals surface area (Å²) in [5, 5.41) is 3.39. The minimum atomic E-state index is -0.480. The van der Waals surface area contributed by atoms with Crippen LogP contribution in [0.4, 0.5) is 0 Å². The summed E-state index contributed by atoms with van der Waals surface area (Å²) in [6.07, 6.45) is 5.51. The van der Waals surface area contributed by atoms with Crippen LogP contribution in [0.2, 0.25) is 0 Å². The van der Waals surface area contributed by atoms with Crippen LogP contribution in [0.15, 0.2) is 0 Å². The third kappa shape index (κ3) is 2.23. The Morgan fingerprint density at radius 3 is 2.69 bits per heavy atom. The number of amides is 1. The smallest absolute Gasteiger partial charge is 0.238 e. The minimum Gasteiger partial charge on any atom is -0.377 e. The lowest BCUT2D eigenvalue weighted by molar-refractivity contribution is -0.125. The van der Waals surface area contributed by atoms with E-state index in [1.165, 1.54) is 0 Å². The lowest BCUT2D eigenvalue weighted by atomic mass is 9.89. The number of hydrogen-bond donors (Lipinski definition) is 2. The summed E-state index contributed by atoms with van der Waals surface area (Å²) in [6.45, 7) is 3.64. The summed E-state index contributed by atoms with van der Waals surface area (Å²) in [7, 11) is 0. The molecule has 1 heterocycles. The van der Waals surface area contributed by atoms with Crippen molar-refractivity contribution < 1.29 is 9.53 Å². The van der Waals surface area contributed by atoms with Gasteiger partial charge in [-0.15, -0.1) is 0 Å². The number of hydrogen-bond acceptors (Lipinski definition) is 3. The number of ether oxygens (including phenoxy) is 1. The molecule has 3 N–H and O–H groups in total. The van der Waals surface area contributed by atoms with Crippen molar-refractivity contribution in [2.45, 2.75) is 50.7 Å². The van der Waals surface area contributed by atoms with Gasteiger partial charge in [0.05, 0.1) is 6.10 Å². The number of nitrogens with one attached hydrogen (secondary N) is 1. The average Bonchev–Trinajstić information content (AvgIpc) is 2.97. The standard InChI is InChI=1S/C12H22N2O2/c1-2-12(11(13)15,9-5-6-9)14-8-10-4-3-7-16-10/h9-10,14H,2-8H2,1H3,(H2,13,15). The normalized spacial score (nSPS) is 28.9. The van der Waals surface area contributed by atoms with Crippen molar-refractivity contribution in [1.82, 2.24) is 5.32 Å². The van der Waals surface area contributed by atoms with Gasteiger partial charge in [0.15, 0.2) is 0 Å². The van der Waals surface area contributed by atoms with E-state index >= 15 is 0 Å². The van der Waals surface area contributed by atoms with Crippen molar-refractivity contribution in [2.24, 2.45) is 11.7 Å². The SMILES string of the molecule is CCC(NCC1CCCO1)(C(N)=O)C1CC1. The van der Waals surface area contributed by atoms with Gasteiger partial charge in [0, 0.05) is 13.2 Å². The first-order valence-corrected chi connectivity index (χ1v) is 6.35. The van der Waals surface area contributed by atoms with Gasteiger partial charge in [-0.05, 0) is 38.0 Å². The second-order valence-corrected chi connectivity index (χ2v) is 4.98. The molecule has 1 amide bonds. The van der Waals surface area contributed by atoms with Gasteiger partial charge in [-0.25, -0.2) is 0 Å². The van der Waals surface area contributed by atoms with Crippen molar-refractivity contribution >= 4 is 5.91 Å². The fraction of sp³-hybridized carbons (Fsp3) is 0.917. The van der Waals surface area contributed by atoms with Gasteiger partial charge in [0.1, 0.15) is 5.54 Å². The quantitative estimate of drug-likeness (QED) is 0.704. The molecule has 0 bridgehead atoms. The maximum atomic E-state index is 11.7. The fourth-order valence-corrected chi connectivity index (χ4v) is 2.70. The molecule has 1 saturated heterocycles. The van der Waals surface area contributed by atoms with Crippen molar-refractivity contribution in [3.8, 4) is 0 Å². The van der Waals surface area contributed by atoms with E-state index < -0.39 is 5.54 Å². The average molecular weight is 226 g/mol. The molecule has 2 unspecified atom stereocenters. The summed E-state index contributed by atoms with van der Waals surface area (Å²) in [6, 6.07) is 0. The zero-order valence-corrected chi connectivity index (χ0v) is 10.00. The second-order valence-electron chi connectivity index (χ2n) is 4.98. The van der Waals surface area contributed by atoms with Gasteiger partial charge >= 0.3 is 0 Å². The molecule has 1 saturated carbocycles. The molecule has 0 aromatic heterocycles. The van der Waals surface area contributed by atoms with E-state index in [0.29, 0.717) is 5.92 Å². The third-order valence-corrected chi connectivity index (χ3v) is 3.94. The van der Waals surface area contributed by atoms with Crippen LogP contribution in [0, 0.1) is 5.92 Å². The molecule has 0 aromatic carbocycles. The summed E-state index contributed by atoms with van der Waals surface area (Å²) in [4.78, 5) is 11.7. The lowest BCUT2D eigenvalue weighted by Gasteiger charge is -2.32. The highest BCUT2D eigenvalue weighted by molar-refractivity contribution is 5.85. The molecule has 2 aliphatic rings. The Labute approximate surface area is 96.9 Å². The van der Waals surface area contributed by atoms with Crippen molar-refractivity contribution in [2.75, 3.05) is 13.2 Å². The Balaban J connectivity index is 1.93. The molecule has 0 radical (unpaired) electrons. The van der Waals surface area contributed by atoms with Crippen LogP contribution in [0.1, 0.15) is 39.0 Å². The van der Waals surface area contributed by atoms with E-state index in [1.54, 1.807) is 0 Å². The molecule has 2 atom stereocenters. The van der Waals surface area contributed by atoms with E-state index in [2.05, 4.69) is 5.32 Å². The van der Waals surface area contributed by atoms with Crippen LogP contribution < -0.4 is 11.1 Å². The third-order valence-electron chi connectivity index (χ3n) is 3.94. The first kappa shape index (κ1) is 11.9. The molecule has 92 valence electrons. The predicted molar refractivity (Wildman–Crippen MR) is 61.9 cm³/mol. The first-order valence-electron chi connectivity index (χ1n) is 6.35. The summed E-state index contributed by atoms with van der Waals surface area (Å²) in [5.74, 6) is 0.242. The zero-order chi connectivity index (χ0) is 11.6. The largest absolute Gasteiger partial charge is 0.377 e. The molecule has 16 heavy (non-hydrogen) atoms. The fourth-order valence-electron chi connectivity index (χ4n) is 2.70. The van der Waals surface area contributed by atoms with Gasteiger partial charge < -0.3 is 15.8 Å². The summed E-state index contributed by atoms with van der Waals surface area (Å²) < 4.78 is 5.56. The number of nitrogens with two attached hydrogens (primary N) is 1. The van der Waals surface area contributed by atoms with Crippen LogP contribution >= 0.6 is 0 Å². The Morgan fingerprint density at radius 1 is 1.50 bits per heavy atom. The Bertz CT molecular complexity index is 260. The molecule has 0 spiro atoms. The molecule has 0 aromatic rings. The summed E-state index contributed by atoms with van der Waals surface area (Å²) in [5.41, 5.74) is 5.09. The molecule has 1 aliphatic heterocycles. The maximum Gasteiger partial charge on any atom is 0.238 e. The predicted octanol–water partition coefficient (Wildman–Crippen LogP) is 0.799. The van der Waals surface area contributed by atoms with Gasteiger partial charge in [-0.1, -0.05) is 6.92 Å².